The zero-order valence-electron chi connectivity index (χ0n) is 11.9. The summed E-state index contributed by atoms with van der Waals surface area (Å²) in [6.45, 7) is 0. The van der Waals surface area contributed by atoms with E-state index in [1.807, 2.05) is 22.9 Å². The van der Waals surface area contributed by atoms with Crippen LogP contribution in [0, 0.1) is 5.92 Å². The van der Waals surface area contributed by atoms with Gasteiger partial charge in [-0.05, 0) is 18.4 Å². The van der Waals surface area contributed by atoms with Crippen molar-refractivity contribution in [2.45, 2.75) is 31.4 Å². The van der Waals surface area contributed by atoms with Crippen LogP contribution in [0.25, 0.3) is 0 Å². The Bertz CT molecular complexity index is 676. The van der Waals surface area contributed by atoms with E-state index in [2.05, 4.69) is 22.2 Å². The van der Waals surface area contributed by atoms with Gasteiger partial charge >= 0.3 is 0 Å². The van der Waals surface area contributed by atoms with E-state index in [0.29, 0.717) is 5.82 Å². The van der Waals surface area contributed by atoms with E-state index in [1.165, 1.54) is 5.56 Å². The van der Waals surface area contributed by atoms with Crippen LogP contribution in [0.1, 0.15) is 53.4 Å². The maximum atomic E-state index is 12.2. The van der Waals surface area contributed by atoms with Gasteiger partial charge < -0.3 is 4.74 Å². The fourth-order valence-corrected chi connectivity index (χ4v) is 2.98. The molecule has 2 heterocycles. The van der Waals surface area contributed by atoms with Crippen molar-refractivity contribution in [3.63, 3.8) is 0 Å². The minimum Gasteiger partial charge on any atom is -0.373 e. The number of ether oxygens (including phenoxy) is 1. The van der Waals surface area contributed by atoms with Gasteiger partial charge in [0.15, 0.2) is 5.82 Å². The number of ketones is 1. The van der Waals surface area contributed by atoms with Gasteiger partial charge in [-0.1, -0.05) is 30.3 Å². The topological polar surface area (TPSA) is 57.0 Å². The Balaban J connectivity index is 1.73. The van der Waals surface area contributed by atoms with Gasteiger partial charge in [0.1, 0.15) is 6.10 Å². The molecule has 0 unspecified atom stereocenters. The Morgan fingerprint density at radius 2 is 2.05 bits per heavy atom. The molecule has 0 saturated heterocycles. The van der Waals surface area contributed by atoms with Crippen molar-refractivity contribution >= 4 is 5.78 Å². The summed E-state index contributed by atoms with van der Waals surface area (Å²) in [5.74, 6) is 1.35. The monoisotopic (exact) mass is 283 g/mol. The number of fused-ring (bicyclic) bond motifs is 1. The third-order valence-corrected chi connectivity index (χ3v) is 4.32. The standard InChI is InChI=1S/C16H17N3O2/c1-21-13-9-12(10-5-3-2-4-6-10)19-16(13)17-15(18-19)14(20)11-7-8-11/h2-6,11-13H,7-9H2,1H3/t12-,13-/m0/s1. The SMILES string of the molecule is CO[C@H]1C[C@@H](c2ccccc2)n2nc(C(=O)C3CC3)nc21. The van der Waals surface area contributed by atoms with E-state index in [4.69, 9.17) is 4.74 Å². The van der Waals surface area contributed by atoms with Gasteiger partial charge in [-0.25, -0.2) is 9.67 Å². The Kier molecular flexibility index (Phi) is 2.89. The molecule has 5 heteroatoms. The van der Waals surface area contributed by atoms with Gasteiger partial charge in [0, 0.05) is 19.4 Å². The molecule has 108 valence electrons. The number of carbonyl (C=O) groups excluding carboxylic acids is 1. The molecule has 2 atom stereocenters. The first-order valence-corrected chi connectivity index (χ1v) is 7.36. The number of carbonyl (C=O) groups is 1. The lowest BCUT2D eigenvalue weighted by atomic mass is 10.0. The summed E-state index contributed by atoms with van der Waals surface area (Å²) in [6.07, 6.45) is 2.66. The highest BCUT2D eigenvalue weighted by Gasteiger charge is 2.39. The van der Waals surface area contributed by atoms with Crippen molar-refractivity contribution in [1.82, 2.24) is 14.8 Å². The number of benzene rings is 1. The molecule has 4 rings (SSSR count). The third-order valence-electron chi connectivity index (χ3n) is 4.32. The lowest BCUT2D eigenvalue weighted by Gasteiger charge is -2.12. The molecule has 5 nitrogen and oxygen atoms in total. The van der Waals surface area contributed by atoms with E-state index >= 15 is 0 Å². The van der Waals surface area contributed by atoms with E-state index in [-0.39, 0.29) is 23.8 Å². The van der Waals surface area contributed by atoms with Crippen LogP contribution in [0.4, 0.5) is 0 Å². The fourth-order valence-electron chi connectivity index (χ4n) is 2.98. The highest BCUT2D eigenvalue weighted by Crippen LogP contribution is 2.39. The average Bonchev–Trinajstić information content (AvgIpc) is 3.19. The Hall–Kier alpha value is -2.01. The maximum absolute atomic E-state index is 12.2. The molecule has 1 saturated carbocycles. The number of hydrogen-bond acceptors (Lipinski definition) is 4. The van der Waals surface area contributed by atoms with Gasteiger partial charge in [0.05, 0.1) is 6.04 Å². The normalized spacial score (nSPS) is 24.0. The molecule has 1 aliphatic carbocycles. The van der Waals surface area contributed by atoms with Gasteiger partial charge in [-0.2, -0.15) is 0 Å². The van der Waals surface area contributed by atoms with E-state index < -0.39 is 0 Å². The predicted molar refractivity (Wildman–Crippen MR) is 76.0 cm³/mol. The van der Waals surface area contributed by atoms with E-state index in [1.54, 1.807) is 7.11 Å². The smallest absolute Gasteiger partial charge is 0.217 e. The fraction of sp³-hybridized carbons (Fsp3) is 0.438. The first-order chi connectivity index (χ1) is 10.3. The summed E-state index contributed by atoms with van der Waals surface area (Å²) >= 11 is 0. The van der Waals surface area contributed by atoms with Crippen LogP contribution in [0.2, 0.25) is 0 Å². The summed E-state index contributed by atoms with van der Waals surface area (Å²) in [7, 11) is 1.68. The molecular weight excluding hydrogens is 266 g/mol. The molecule has 1 aliphatic heterocycles. The van der Waals surface area contributed by atoms with Gasteiger partial charge in [-0.3, -0.25) is 4.79 Å². The van der Waals surface area contributed by atoms with Gasteiger partial charge in [0.2, 0.25) is 11.6 Å². The molecule has 1 aromatic carbocycles. The van der Waals surface area contributed by atoms with Crippen LogP contribution >= 0.6 is 0 Å². The first kappa shape index (κ1) is 12.7. The van der Waals surface area contributed by atoms with Crippen LogP contribution in [-0.2, 0) is 4.74 Å². The van der Waals surface area contributed by atoms with Crippen LogP contribution in [0.5, 0.6) is 0 Å². The second-order valence-corrected chi connectivity index (χ2v) is 5.76. The molecule has 2 aliphatic rings. The van der Waals surface area contributed by atoms with Crippen molar-refractivity contribution in [3.05, 3.63) is 47.5 Å². The van der Waals surface area contributed by atoms with Crippen molar-refractivity contribution in [2.24, 2.45) is 5.92 Å². The summed E-state index contributed by atoms with van der Waals surface area (Å²) in [5, 5.41) is 4.48. The molecule has 0 N–H and O–H groups in total. The Morgan fingerprint density at radius 3 is 2.71 bits per heavy atom. The van der Waals surface area contributed by atoms with Gasteiger partial charge in [-0.15, -0.1) is 5.10 Å². The summed E-state index contributed by atoms with van der Waals surface area (Å²) in [5.41, 5.74) is 1.17. The van der Waals surface area contributed by atoms with Crippen molar-refractivity contribution in [1.29, 1.82) is 0 Å². The number of nitrogens with zero attached hydrogens (tertiary/aromatic N) is 3. The van der Waals surface area contributed by atoms with Crippen LogP contribution in [0.15, 0.2) is 30.3 Å². The number of hydrogen-bond donors (Lipinski definition) is 0. The predicted octanol–water partition coefficient (Wildman–Crippen LogP) is 2.55. The first-order valence-electron chi connectivity index (χ1n) is 7.36. The second kappa shape index (κ2) is 4.77. The highest BCUT2D eigenvalue weighted by molar-refractivity contribution is 5.95. The number of Topliss-reactive ketones (excluding diaryl/α,β-unsaturated/α-hetero) is 1. The van der Waals surface area contributed by atoms with Gasteiger partial charge in [0.25, 0.3) is 0 Å². The van der Waals surface area contributed by atoms with Crippen LogP contribution in [0.3, 0.4) is 0 Å². The Labute approximate surface area is 122 Å². The number of aromatic nitrogens is 3. The Morgan fingerprint density at radius 1 is 1.29 bits per heavy atom. The molecule has 0 bridgehead atoms. The van der Waals surface area contributed by atoms with E-state index in [9.17, 15) is 4.79 Å². The molecular formula is C16H17N3O2. The molecule has 0 spiro atoms. The summed E-state index contributed by atoms with van der Waals surface area (Å²) < 4.78 is 7.40. The zero-order chi connectivity index (χ0) is 14.4. The minimum absolute atomic E-state index is 0.0820. The zero-order valence-corrected chi connectivity index (χ0v) is 11.9. The quantitative estimate of drug-likeness (QED) is 0.809. The maximum Gasteiger partial charge on any atom is 0.217 e. The molecule has 21 heavy (non-hydrogen) atoms. The summed E-state index contributed by atoms with van der Waals surface area (Å²) in [4.78, 5) is 16.6. The number of methoxy groups -OCH3 is 1. The van der Waals surface area contributed by atoms with Crippen molar-refractivity contribution < 1.29 is 9.53 Å². The number of rotatable bonds is 4. The molecule has 2 aromatic rings. The second-order valence-electron chi connectivity index (χ2n) is 5.76. The molecule has 1 aromatic heterocycles. The van der Waals surface area contributed by atoms with E-state index in [0.717, 1.165) is 25.1 Å². The highest BCUT2D eigenvalue weighted by atomic mass is 16.5. The largest absolute Gasteiger partial charge is 0.373 e. The molecule has 0 radical (unpaired) electrons. The summed E-state index contributed by atoms with van der Waals surface area (Å²) in [6, 6.07) is 10.3. The van der Waals surface area contributed by atoms with Crippen molar-refractivity contribution in [3.8, 4) is 0 Å². The average molecular weight is 283 g/mol. The minimum atomic E-state index is -0.0940. The van der Waals surface area contributed by atoms with Crippen molar-refractivity contribution in [2.75, 3.05) is 7.11 Å². The molecule has 0 amide bonds. The van der Waals surface area contributed by atoms with Crippen LogP contribution < -0.4 is 0 Å². The lowest BCUT2D eigenvalue weighted by Crippen LogP contribution is -2.10. The van der Waals surface area contributed by atoms with Crippen LogP contribution in [-0.4, -0.2) is 27.7 Å². The third kappa shape index (κ3) is 2.08. The molecule has 1 fully saturated rings. The lowest BCUT2D eigenvalue weighted by molar-refractivity contribution is 0.0942.